The number of para-hydroxylation sites is 1. The lowest BCUT2D eigenvalue weighted by atomic mass is 10.3. The molecule has 7 heteroatoms. The summed E-state index contributed by atoms with van der Waals surface area (Å²) in [4.78, 5) is 8.02. The van der Waals surface area contributed by atoms with Gasteiger partial charge in [-0.25, -0.2) is 18.7 Å². The van der Waals surface area contributed by atoms with E-state index in [1.165, 1.54) is 24.5 Å². The molecule has 3 rings (SSSR count). The van der Waals surface area contributed by atoms with Gasteiger partial charge >= 0.3 is 0 Å². The minimum Gasteiger partial charge on any atom is -0.340 e. The van der Waals surface area contributed by atoms with Crippen LogP contribution in [-0.4, -0.2) is 9.97 Å². The van der Waals surface area contributed by atoms with E-state index in [-0.39, 0.29) is 11.5 Å². The Kier molecular flexibility index (Phi) is 4.34. The average molecular weight is 333 g/mol. The van der Waals surface area contributed by atoms with Gasteiger partial charge in [-0.2, -0.15) is 0 Å². The van der Waals surface area contributed by atoms with Crippen LogP contribution in [0.5, 0.6) is 0 Å². The van der Waals surface area contributed by atoms with Gasteiger partial charge in [-0.1, -0.05) is 17.7 Å². The number of anilines is 4. The van der Waals surface area contributed by atoms with Crippen LogP contribution in [0, 0.1) is 11.6 Å². The molecular formula is C16H11ClF2N4. The monoisotopic (exact) mass is 332 g/mol. The third kappa shape index (κ3) is 3.73. The highest BCUT2D eigenvalue weighted by Gasteiger charge is 2.09. The second-order valence-electron chi connectivity index (χ2n) is 4.64. The van der Waals surface area contributed by atoms with Crippen LogP contribution >= 0.6 is 11.6 Å². The highest BCUT2D eigenvalue weighted by molar-refractivity contribution is 6.30. The third-order valence-corrected chi connectivity index (χ3v) is 3.25. The van der Waals surface area contributed by atoms with Crippen LogP contribution in [0.15, 0.2) is 54.9 Å². The van der Waals surface area contributed by atoms with Crippen molar-refractivity contribution in [2.24, 2.45) is 0 Å². The van der Waals surface area contributed by atoms with Gasteiger partial charge in [0.15, 0.2) is 0 Å². The summed E-state index contributed by atoms with van der Waals surface area (Å²) < 4.78 is 27.3. The highest BCUT2D eigenvalue weighted by Crippen LogP contribution is 2.24. The summed E-state index contributed by atoms with van der Waals surface area (Å²) in [5.41, 5.74) is 0.514. The van der Waals surface area contributed by atoms with Crippen molar-refractivity contribution in [3.05, 3.63) is 71.5 Å². The molecular weight excluding hydrogens is 322 g/mol. The van der Waals surface area contributed by atoms with Gasteiger partial charge < -0.3 is 10.6 Å². The lowest BCUT2D eigenvalue weighted by molar-refractivity contribution is 0.590. The molecule has 0 aliphatic carbocycles. The van der Waals surface area contributed by atoms with Crippen molar-refractivity contribution in [3.8, 4) is 0 Å². The summed E-state index contributed by atoms with van der Waals surface area (Å²) in [5.74, 6) is -0.659. The molecule has 0 aliphatic rings. The van der Waals surface area contributed by atoms with E-state index in [1.54, 1.807) is 30.3 Å². The molecule has 0 atom stereocenters. The average Bonchev–Trinajstić information content (AvgIpc) is 2.54. The molecule has 0 amide bonds. The SMILES string of the molecule is Fc1cccc(F)c1Nc1cc(Nc2ccc(Cl)cc2)ncn1. The maximum atomic E-state index is 13.6. The second kappa shape index (κ2) is 6.58. The fraction of sp³-hybridized carbons (Fsp3) is 0. The Morgan fingerprint density at radius 3 is 2.09 bits per heavy atom. The molecule has 0 spiro atoms. The van der Waals surface area contributed by atoms with E-state index in [1.807, 2.05) is 0 Å². The fourth-order valence-corrected chi connectivity index (χ4v) is 2.05. The number of nitrogens with one attached hydrogen (secondary N) is 2. The summed E-state index contributed by atoms with van der Waals surface area (Å²) >= 11 is 5.83. The van der Waals surface area contributed by atoms with Crippen molar-refractivity contribution >= 4 is 34.6 Å². The van der Waals surface area contributed by atoms with Gasteiger partial charge in [0.2, 0.25) is 0 Å². The van der Waals surface area contributed by atoms with Crippen molar-refractivity contribution in [1.82, 2.24) is 9.97 Å². The topological polar surface area (TPSA) is 49.8 Å². The smallest absolute Gasteiger partial charge is 0.149 e. The van der Waals surface area contributed by atoms with Gasteiger partial charge in [-0.05, 0) is 36.4 Å². The summed E-state index contributed by atoms with van der Waals surface area (Å²) in [6.45, 7) is 0. The minimum atomic E-state index is -0.698. The molecule has 2 aromatic carbocycles. The molecule has 0 bridgehead atoms. The summed E-state index contributed by atoms with van der Waals surface area (Å²) in [6.07, 6.45) is 1.29. The molecule has 1 aromatic heterocycles. The van der Waals surface area contributed by atoms with Gasteiger partial charge in [0.05, 0.1) is 0 Å². The first kappa shape index (κ1) is 15.2. The van der Waals surface area contributed by atoms with Crippen LogP contribution in [0.1, 0.15) is 0 Å². The predicted molar refractivity (Wildman–Crippen MR) is 86.4 cm³/mol. The molecule has 116 valence electrons. The lowest BCUT2D eigenvalue weighted by Crippen LogP contribution is -2.01. The number of hydrogen-bond acceptors (Lipinski definition) is 4. The number of aromatic nitrogens is 2. The Bertz CT molecular complexity index is 804. The Hall–Kier alpha value is -2.73. The van der Waals surface area contributed by atoms with Crippen LogP contribution in [-0.2, 0) is 0 Å². The minimum absolute atomic E-state index is 0.261. The van der Waals surface area contributed by atoms with Gasteiger partial charge in [-0.3, -0.25) is 0 Å². The molecule has 0 radical (unpaired) electrons. The van der Waals surface area contributed by atoms with Crippen molar-refractivity contribution in [2.75, 3.05) is 10.6 Å². The number of nitrogens with zero attached hydrogens (tertiary/aromatic N) is 2. The van der Waals surface area contributed by atoms with E-state index >= 15 is 0 Å². The van der Waals surface area contributed by atoms with Crippen molar-refractivity contribution in [2.45, 2.75) is 0 Å². The van der Waals surface area contributed by atoms with Crippen molar-refractivity contribution in [1.29, 1.82) is 0 Å². The van der Waals surface area contributed by atoms with E-state index in [0.29, 0.717) is 10.8 Å². The first-order valence-corrected chi connectivity index (χ1v) is 7.05. The van der Waals surface area contributed by atoms with Gasteiger partial charge in [0.25, 0.3) is 0 Å². The van der Waals surface area contributed by atoms with Crippen LogP contribution in [0.4, 0.5) is 31.8 Å². The van der Waals surface area contributed by atoms with E-state index in [4.69, 9.17) is 11.6 Å². The van der Waals surface area contributed by atoms with E-state index < -0.39 is 11.6 Å². The number of benzene rings is 2. The molecule has 3 aromatic rings. The lowest BCUT2D eigenvalue weighted by Gasteiger charge is -2.10. The Balaban J connectivity index is 1.81. The van der Waals surface area contributed by atoms with Crippen molar-refractivity contribution in [3.63, 3.8) is 0 Å². The Morgan fingerprint density at radius 2 is 1.43 bits per heavy atom. The van der Waals surface area contributed by atoms with Crippen LogP contribution < -0.4 is 10.6 Å². The molecule has 1 heterocycles. The predicted octanol–water partition coefficient (Wildman–Crippen LogP) is 4.90. The molecule has 23 heavy (non-hydrogen) atoms. The van der Waals surface area contributed by atoms with Crippen LogP contribution in [0.25, 0.3) is 0 Å². The first-order valence-electron chi connectivity index (χ1n) is 6.67. The van der Waals surface area contributed by atoms with E-state index in [0.717, 1.165) is 5.69 Å². The number of rotatable bonds is 4. The third-order valence-electron chi connectivity index (χ3n) is 3.00. The van der Waals surface area contributed by atoms with Crippen LogP contribution in [0.2, 0.25) is 5.02 Å². The normalized spacial score (nSPS) is 10.4. The second-order valence-corrected chi connectivity index (χ2v) is 5.08. The molecule has 0 fully saturated rings. The standard InChI is InChI=1S/C16H11ClF2N4/c17-10-4-6-11(7-5-10)22-14-8-15(21-9-20-14)23-16-12(18)2-1-3-13(16)19/h1-9H,(H2,20,21,22,23). The molecule has 2 N–H and O–H groups in total. The fourth-order valence-electron chi connectivity index (χ4n) is 1.92. The molecule has 0 saturated carbocycles. The maximum absolute atomic E-state index is 13.6. The van der Waals surface area contributed by atoms with Gasteiger partial charge in [-0.15, -0.1) is 0 Å². The highest BCUT2D eigenvalue weighted by atomic mass is 35.5. The summed E-state index contributed by atoms with van der Waals surface area (Å²) in [7, 11) is 0. The number of hydrogen-bond donors (Lipinski definition) is 2. The Labute approximate surface area is 136 Å². The van der Waals surface area contributed by atoms with Gasteiger partial charge in [0, 0.05) is 16.8 Å². The molecule has 0 saturated heterocycles. The zero-order valence-electron chi connectivity index (χ0n) is 11.7. The van der Waals surface area contributed by atoms with Gasteiger partial charge in [0.1, 0.15) is 35.3 Å². The van der Waals surface area contributed by atoms with Crippen molar-refractivity contribution < 1.29 is 8.78 Å². The first-order chi connectivity index (χ1) is 11.1. The summed E-state index contributed by atoms with van der Waals surface area (Å²) in [6, 6.07) is 12.2. The maximum Gasteiger partial charge on any atom is 0.149 e. The van der Waals surface area contributed by atoms with E-state index in [9.17, 15) is 8.78 Å². The Morgan fingerprint density at radius 1 is 0.826 bits per heavy atom. The molecule has 0 unspecified atom stereocenters. The zero-order valence-corrected chi connectivity index (χ0v) is 12.5. The zero-order chi connectivity index (χ0) is 16.2. The number of halogens is 3. The summed E-state index contributed by atoms with van der Waals surface area (Å²) in [5, 5.41) is 6.28. The van der Waals surface area contributed by atoms with E-state index in [2.05, 4.69) is 20.6 Å². The molecule has 0 aliphatic heterocycles. The quantitative estimate of drug-likeness (QED) is 0.713. The van der Waals surface area contributed by atoms with Crippen LogP contribution in [0.3, 0.4) is 0 Å². The molecule has 4 nitrogen and oxygen atoms in total. The largest absolute Gasteiger partial charge is 0.340 e.